The van der Waals surface area contributed by atoms with Crippen LogP contribution in [0.15, 0.2) is 11.1 Å². The number of fused-ring (bicyclic) bond motifs is 3. The number of esters is 4. The third-order valence-corrected chi connectivity index (χ3v) is 11.8. The zero-order chi connectivity index (χ0) is 43.3. The second-order valence-corrected chi connectivity index (χ2v) is 16.5. The molecule has 3 rings (SSSR count). The highest BCUT2D eigenvalue weighted by Gasteiger charge is 2.75. The van der Waals surface area contributed by atoms with Crippen molar-refractivity contribution in [1.82, 2.24) is 5.32 Å². The number of hydrogen-bond acceptors (Lipinski definition) is 14. The number of ketones is 1. The standard InChI is InChI=1S/C42H66N2O14/c1-6-7-8-14-17-21-32(48)56-36-34-33(26(2)35(36)49)37-42(54,41(5,53)39(52)57-37)29(25-40(34,4)58-27(3)45)55-31(47)20-18-15-12-10-9-11-13-16-19-24-44-30(46)23-22-28(43)38(50)51/h28-29,34,36-37,53-54H,6-25,43H2,1-5H3,(H,44,46)(H,50,51)/t28?,29-,34-,36+,37+,40+,41-,42-/m1/s1. The van der Waals surface area contributed by atoms with Gasteiger partial charge in [0.2, 0.25) is 5.91 Å². The molecule has 0 bridgehead atoms. The van der Waals surface area contributed by atoms with E-state index in [0.717, 1.165) is 90.9 Å². The van der Waals surface area contributed by atoms with Gasteiger partial charge in [0.1, 0.15) is 17.7 Å². The van der Waals surface area contributed by atoms with Crippen molar-refractivity contribution in [2.24, 2.45) is 11.7 Å². The minimum atomic E-state index is -2.61. The van der Waals surface area contributed by atoms with Gasteiger partial charge in [-0.25, -0.2) is 4.79 Å². The molecule has 1 amide bonds. The largest absolute Gasteiger partial charge is 0.480 e. The molecule has 58 heavy (non-hydrogen) atoms. The molecule has 2 aliphatic carbocycles. The Morgan fingerprint density at radius 2 is 1.38 bits per heavy atom. The molecule has 328 valence electrons. The summed E-state index contributed by atoms with van der Waals surface area (Å²) in [7, 11) is 0. The minimum Gasteiger partial charge on any atom is -0.480 e. The average Bonchev–Trinajstić information content (AvgIpc) is 3.47. The fourth-order valence-electron chi connectivity index (χ4n) is 8.41. The van der Waals surface area contributed by atoms with Crippen molar-refractivity contribution in [3.05, 3.63) is 11.1 Å². The van der Waals surface area contributed by atoms with Crippen LogP contribution in [-0.4, -0.2) is 105 Å². The number of amides is 1. The lowest BCUT2D eigenvalue weighted by molar-refractivity contribution is -0.211. The molecule has 8 atom stereocenters. The first-order valence-electron chi connectivity index (χ1n) is 21.1. The molecular weight excluding hydrogens is 756 g/mol. The molecule has 1 unspecified atom stereocenters. The Kier molecular flexibility index (Phi) is 18.3. The number of carbonyl (C=O) groups excluding carboxylic acids is 6. The van der Waals surface area contributed by atoms with Crippen LogP contribution in [0.25, 0.3) is 0 Å². The van der Waals surface area contributed by atoms with Crippen molar-refractivity contribution in [3.63, 3.8) is 0 Å². The predicted molar refractivity (Wildman–Crippen MR) is 209 cm³/mol. The summed E-state index contributed by atoms with van der Waals surface area (Å²) in [5, 5.41) is 35.5. The Morgan fingerprint density at radius 3 is 1.93 bits per heavy atom. The van der Waals surface area contributed by atoms with E-state index in [4.69, 9.17) is 29.8 Å². The van der Waals surface area contributed by atoms with Gasteiger partial charge in [-0.3, -0.25) is 28.8 Å². The van der Waals surface area contributed by atoms with Gasteiger partial charge in [0.15, 0.2) is 29.2 Å². The van der Waals surface area contributed by atoms with Gasteiger partial charge in [-0.05, 0) is 57.6 Å². The lowest BCUT2D eigenvalue weighted by atomic mass is 9.75. The SMILES string of the molecule is CCCCCCCC(=O)O[C@@H]1C(=O)C(C)=C2[C@H]1[C@@](C)(OC(C)=O)C[C@@H](OC(=O)CCCCCCCCCCCNC(=O)CCC(N)C(=O)O)[C@@]1(O)[C@H]2OC(=O)[C@@]1(C)O. The van der Waals surface area contributed by atoms with Gasteiger partial charge < -0.3 is 45.3 Å². The van der Waals surface area contributed by atoms with Gasteiger partial charge in [-0.15, -0.1) is 0 Å². The highest BCUT2D eigenvalue weighted by atomic mass is 16.6. The average molecular weight is 823 g/mol. The molecule has 16 heteroatoms. The highest BCUT2D eigenvalue weighted by molar-refractivity contribution is 6.04. The first-order valence-corrected chi connectivity index (χ1v) is 21.1. The summed E-state index contributed by atoms with van der Waals surface area (Å²) in [4.78, 5) is 88.6. The van der Waals surface area contributed by atoms with Crippen molar-refractivity contribution in [2.75, 3.05) is 6.54 Å². The van der Waals surface area contributed by atoms with Gasteiger partial charge >= 0.3 is 29.8 Å². The number of rotatable bonds is 25. The zero-order valence-electron chi connectivity index (χ0n) is 34.9. The van der Waals surface area contributed by atoms with E-state index in [0.29, 0.717) is 19.4 Å². The maximum absolute atomic E-state index is 13.8. The molecule has 0 aromatic heterocycles. The lowest BCUT2D eigenvalue weighted by Crippen LogP contribution is -2.64. The van der Waals surface area contributed by atoms with Gasteiger partial charge in [-0.1, -0.05) is 77.6 Å². The second kappa shape index (κ2) is 21.9. The Hall–Kier alpha value is -3.89. The fraction of sp³-hybridized carbons (Fsp3) is 0.786. The molecule has 2 fully saturated rings. The summed E-state index contributed by atoms with van der Waals surface area (Å²) in [6.45, 7) is 7.72. The third kappa shape index (κ3) is 12.1. The predicted octanol–water partition coefficient (Wildman–Crippen LogP) is 4.03. The number of Topliss-reactive ketones (excluding diaryl/α,β-unsaturated/α-hetero) is 1. The number of carboxylic acids is 1. The number of hydrogen-bond donors (Lipinski definition) is 5. The molecule has 6 N–H and O–H groups in total. The van der Waals surface area contributed by atoms with E-state index in [1.807, 2.05) is 0 Å². The molecule has 1 aliphatic heterocycles. The normalized spacial score (nSPS) is 28.2. The Balaban J connectivity index is 1.59. The van der Waals surface area contributed by atoms with Gasteiger partial charge in [0, 0.05) is 39.2 Å². The van der Waals surface area contributed by atoms with Gasteiger partial charge in [0.25, 0.3) is 0 Å². The molecule has 1 saturated carbocycles. The van der Waals surface area contributed by atoms with E-state index < -0.39 is 89.1 Å². The van der Waals surface area contributed by atoms with Crippen molar-refractivity contribution in [1.29, 1.82) is 0 Å². The summed E-state index contributed by atoms with van der Waals surface area (Å²) < 4.78 is 23.1. The smallest absolute Gasteiger partial charge is 0.341 e. The highest BCUT2D eigenvalue weighted by Crippen LogP contribution is 2.56. The Bertz CT molecular complexity index is 1530. The van der Waals surface area contributed by atoms with Crippen LogP contribution in [0.1, 0.15) is 157 Å². The number of nitrogens with two attached hydrogens (primary N) is 1. The maximum Gasteiger partial charge on any atom is 0.341 e. The van der Waals surface area contributed by atoms with Crippen LogP contribution in [0, 0.1) is 5.92 Å². The van der Waals surface area contributed by atoms with E-state index in [2.05, 4.69) is 12.2 Å². The Labute approximate surface area is 341 Å². The molecule has 0 spiro atoms. The summed E-state index contributed by atoms with van der Waals surface area (Å²) in [5.41, 5.74) is -1.46. The number of aliphatic carboxylic acids is 1. The molecular formula is C42H66N2O14. The molecule has 0 aromatic carbocycles. The summed E-state index contributed by atoms with van der Waals surface area (Å²) in [5.74, 6) is -6.48. The van der Waals surface area contributed by atoms with Crippen molar-refractivity contribution in [3.8, 4) is 0 Å². The van der Waals surface area contributed by atoms with Crippen molar-refractivity contribution >= 4 is 41.5 Å². The van der Waals surface area contributed by atoms with Crippen LogP contribution < -0.4 is 11.1 Å². The summed E-state index contributed by atoms with van der Waals surface area (Å²) in [6, 6.07) is -1.05. The quantitative estimate of drug-likeness (QED) is 0.0495. The number of carboxylic acid groups (broad SMARTS) is 1. The van der Waals surface area contributed by atoms with Gasteiger partial charge in [0.05, 0.1) is 5.92 Å². The van der Waals surface area contributed by atoms with Gasteiger partial charge in [-0.2, -0.15) is 0 Å². The fourth-order valence-corrected chi connectivity index (χ4v) is 8.41. The number of ether oxygens (including phenoxy) is 4. The van der Waals surface area contributed by atoms with Crippen LogP contribution in [0.4, 0.5) is 0 Å². The topological polar surface area (TPSA) is 255 Å². The molecule has 0 radical (unpaired) electrons. The number of unbranched alkanes of at least 4 members (excludes halogenated alkanes) is 12. The summed E-state index contributed by atoms with van der Waals surface area (Å²) >= 11 is 0. The van der Waals surface area contributed by atoms with Crippen LogP contribution in [0.2, 0.25) is 0 Å². The monoisotopic (exact) mass is 822 g/mol. The van der Waals surface area contributed by atoms with E-state index >= 15 is 0 Å². The zero-order valence-corrected chi connectivity index (χ0v) is 34.9. The molecule has 1 saturated heterocycles. The van der Waals surface area contributed by atoms with Crippen LogP contribution >= 0.6 is 0 Å². The van der Waals surface area contributed by atoms with Crippen molar-refractivity contribution < 1.29 is 67.8 Å². The minimum absolute atomic E-state index is 0.0196. The molecule has 0 aromatic rings. The second-order valence-electron chi connectivity index (χ2n) is 16.5. The first kappa shape index (κ1) is 48.5. The molecule has 3 aliphatic rings. The van der Waals surface area contributed by atoms with E-state index in [-0.39, 0.29) is 42.7 Å². The molecule has 1 heterocycles. The number of carbonyl (C=O) groups is 7. The summed E-state index contributed by atoms with van der Waals surface area (Å²) in [6.07, 6.45) is 7.00. The number of aliphatic hydroxyl groups is 2. The molecule has 16 nitrogen and oxygen atoms in total. The maximum atomic E-state index is 13.8. The van der Waals surface area contributed by atoms with Crippen LogP contribution in [-0.2, 0) is 52.5 Å². The van der Waals surface area contributed by atoms with Crippen LogP contribution in [0.5, 0.6) is 0 Å². The third-order valence-electron chi connectivity index (χ3n) is 11.8. The Morgan fingerprint density at radius 1 is 0.845 bits per heavy atom. The van der Waals surface area contributed by atoms with Crippen molar-refractivity contribution in [2.45, 2.75) is 198 Å². The number of nitrogens with one attached hydrogen (secondary N) is 1. The van der Waals surface area contributed by atoms with E-state index in [1.54, 1.807) is 0 Å². The van der Waals surface area contributed by atoms with E-state index in [9.17, 15) is 43.8 Å². The lowest BCUT2D eigenvalue weighted by Gasteiger charge is -2.41. The van der Waals surface area contributed by atoms with E-state index in [1.165, 1.54) is 13.8 Å². The first-order chi connectivity index (χ1) is 27.3. The van der Waals surface area contributed by atoms with Crippen LogP contribution in [0.3, 0.4) is 0 Å².